The summed E-state index contributed by atoms with van der Waals surface area (Å²) >= 11 is 2.43. The fourth-order valence-corrected chi connectivity index (χ4v) is 3.62. The molecule has 0 aliphatic heterocycles. The van der Waals surface area contributed by atoms with Crippen LogP contribution in [0.2, 0.25) is 0 Å². The van der Waals surface area contributed by atoms with E-state index in [0.717, 1.165) is 27.7 Å². The Morgan fingerprint density at radius 2 is 1.93 bits per heavy atom. The molecule has 2 N–H and O–H groups in total. The molecular weight excluding hydrogens is 400 g/mol. The van der Waals surface area contributed by atoms with E-state index in [4.69, 9.17) is 4.74 Å². The highest BCUT2D eigenvalue weighted by molar-refractivity contribution is 7.15. The maximum atomic E-state index is 12.1. The molecule has 28 heavy (non-hydrogen) atoms. The number of amides is 2. The highest BCUT2D eigenvalue weighted by atomic mass is 32.1. The van der Waals surface area contributed by atoms with Gasteiger partial charge in [0, 0.05) is 24.9 Å². The van der Waals surface area contributed by atoms with Gasteiger partial charge in [0.05, 0.1) is 7.11 Å². The van der Waals surface area contributed by atoms with Crippen LogP contribution in [0.4, 0.5) is 5.13 Å². The Labute approximate surface area is 169 Å². The van der Waals surface area contributed by atoms with Crippen LogP contribution in [0.25, 0.3) is 0 Å². The number of methoxy groups -OCH3 is 1. The summed E-state index contributed by atoms with van der Waals surface area (Å²) in [4.78, 5) is 24.2. The maximum absolute atomic E-state index is 12.1. The van der Waals surface area contributed by atoms with Crippen LogP contribution in [0.15, 0.2) is 24.3 Å². The second kappa shape index (κ2) is 9.33. The largest absolute Gasteiger partial charge is 0.496 e. The van der Waals surface area contributed by atoms with E-state index in [1.807, 2.05) is 24.3 Å². The van der Waals surface area contributed by atoms with E-state index in [-0.39, 0.29) is 23.2 Å². The molecule has 0 unspecified atom stereocenters. The molecule has 0 bridgehead atoms. The van der Waals surface area contributed by atoms with Crippen molar-refractivity contribution in [2.24, 2.45) is 0 Å². The van der Waals surface area contributed by atoms with Gasteiger partial charge in [0.2, 0.25) is 16.0 Å². The Hall–Kier alpha value is -2.92. The van der Waals surface area contributed by atoms with Crippen molar-refractivity contribution >= 4 is 39.6 Å². The first-order chi connectivity index (χ1) is 13.5. The van der Waals surface area contributed by atoms with Gasteiger partial charge >= 0.3 is 0 Å². The van der Waals surface area contributed by atoms with Crippen molar-refractivity contribution in [2.75, 3.05) is 12.4 Å². The number of hydrogen-bond acceptors (Lipinski definition) is 9. The first-order valence-electron chi connectivity index (χ1n) is 8.37. The second-order valence-electron chi connectivity index (χ2n) is 5.67. The first kappa shape index (κ1) is 19.8. The number of rotatable bonds is 8. The summed E-state index contributed by atoms with van der Waals surface area (Å²) in [6.45, 7) is 2.18. The monoisotopic (exact) mass is 418 g/mol. The van der Waals surface area contributed by atoms with Gasteiger partial charge in [-0.1, -0.05) is 40.9 Å². The Balaban J connectivity index is 1.47. The molecular formula is C17H18N6O3S2. The van der Waals surface area contributed by atoms with Crippen LogP contribution in [-0.2, 0) is 17.8 Å². The highest BCUT2D eigenvalue weighted by Gasteiger charge is 2.15. The van der Waals surface area contributed by atoms with Crippen molar-refractivity contribution < 1.29 is 14.3 Å². The lowest BCUT2D eigenvalue weighted by Crippen LogP contribution is -2.23. The van der Waals surface area contributed by atoms with Crippen molar-refractivity contribution in [1.29, 1.82) is 0 Å². The van der Waals surface area contributed by atoms with Gasteiger partial charge in [0.25, 0.3) is 5.91 Å². The SMILES string of the molecule is COc1ccccc1CNC(=O)CCc1nnc(C(=O)Nc2nnc(C)s2)s1. The van der Waals surface area contributed by atoms with Gasteiger partial charge in [0.1, 0.15) is 15.8 Å². The van der Waals surface area contributed by atoms with Crippen molar-refractivity contribution in [1.82, 2.24) is 25.7 Å². The second-order valence-corrected chi connectivity index (χ2v) is 7.91. The van der Waals surface area contributed by atoms with E-state index in [9.17, 15) is 9.59 Å². The lowest BCUT2D eigenvalue weighted by Gasteiger charge is -2.09. The lowest BCUT2D eigenvalue weighted by molar-refractivity contribution is -0.121. The standard InChI is InChI=1S/C17H18N6O3S2/c1-10-20-23-17(27-10)19-15(25)16-22-21-14(28-16)8-7-13(24)18-9-11-5-3-4-6-12(11)26-2/h3-6H,7-9H2,1-2H3,(H,18,24)(H,19,23,25). The molecule has 0 aliphatic carbocycles. The molecule has 11 heteroatoms. The maximum Gasteiger partial charge on any atom is 0.288 e. The zero-order chi connectivity index (χ0) is 19.9. The number of carbonyl (C=O) groups is 2. The van der Waals surface area contributed by atoms with Crippen LogP contribution in [0.3, 0.4) is 0 Å². The average Bonchev–Trinajstić information content (AvgIpc) is 3.34. The predicted molar refractivity (Wildman–Crippen MR) is 106 cm³/mol. The third kappa shape index (κ3) is 5.30. The van der Waals surface area contributed by atoms with E-state index in [0.29, 0.717) is 23.1 Å². The number of benzene rings is 1. The molecule has 2 amide bonds. The molecule has 2 aromatic heterocycles. The number of nitrogens with zero attached hydrogens (tertiary/aromatic N) is 4. The molecule has 3 rings (SSSR count). The van der Waals surface area contributed by atoms with Crippen molar-refractivity contribution in [3.8, 4) is 5.75 Å². The normalized spacial score (nSPS) is 10.5. The number of nitrogens with one attached hydrogen (secondary N) is 2. The average molecular weight is 419 g/mol. The summed E-state index contributed by atoms with van der Waals surface area (Å²) < 4.78 is 5.26. The zero-order valence-corrected chi connectivity index (χ0v) is 16.9. The third-order valence-corrected chi connectivity index (χ3v) is 5.38. The number of hydrogen-bond donors (Lipinski definition) is 2. The zero-order valence-electron chi connectivity index (χ0n) is 15.3. The summed E-state index contributed by atoms with van der Waals surface area (Å²) in [5.41, 5.74) is 0.903. The molecule has 0 aliphatic rings. The number of anilines is 1. The molecule has 146 valence electrons. The molecule has 2 heterocycles. The van der Waals surface area contributed by atoms with Gasteiger partial charge in [-0.05, 0) is 13.0 Å². The van der Waals surface area contributed by atoms with Crippen LogP contribution in [0.1, 0.15) is 31.8 Å². The lowest BCUT2D eigenvalue weighted by atomic mass is 10.2. The van der Waals surface area contributed by atoms with E-state index in [1.54, 1.807) is 14.0 Å². The molecule has 0 atom stereocenters. The summed E-state index contributed by atoms with van der Waals surface area (Å²) in [6, 6.07) is 7.51. The van der Waals surface area contributed by atoms with Crippen LogP contribution in [-0.4, -0.2) is 39.3 Å². The Bertz CT molecular complexity index is 971. The Morgan fingerprint density at radius 1 is 1.11 bits per heavy atom. The van der Waals surface area contributed by atoms with Crippen molar-refractivity contribution in [3.63, 3.8) is 0 Å². The van der Waals surface area contributed by atoms with E-state index in [1.165, 1.54) is 11.3 Å². The van der Waals surface area contributed by atoms with E-state index in [2.05, 4.69) is 31.0 Å². The van der Waals surface area contributed by atoms with E-state index < -0.39 is 0 Å². The minimum Gasteiger partial charge on any atom is -0.496 e. The van der Waals surface area contributed by atoms with Crippen molar-refractivity contribution in [2.45, 2.75) is 26.3 Å². The van der Waals surface area contributed by atoms with E-state index >= 15 is 0 Å². The molecule has 0 fully saturated rings. The van der Waals surface area contributed by atoms with Crippen LogP contribution < -0.4 is 15.4 Å². The molecule has 9 nitrogen and oxygen atoms in total. The molecule has 0 radical (unpaired) electrons. The topological polar surface area (TPSA) is 119 Å². The number of aromatic nitrogens is 4. The van der Waals surface area contributed by atoms with Crippen LogP contribution in [0.5, 0.6) is 5.75 Å². The summed E-state index contributed by atoms with van der Waals surface area (Å²) in [6.07, 6.45) is 0.654. The van der Waals surface area contributed by atoms with Crippen LogP contribution >= 0.6 is 22.7 Å². The molecule has 1 aromatic carbocycles. The van der Waals surface area contributed by atoms with Gasteiger partial charge in [0.15, 0.2) is 0 Å². The number of carbonyl (C=O) groups excluding carboxylic acids is 2. The van der Waals surface area contributed by atoms with Gasteiger partial charge < -0.3 is 10.1 Å². The number of para-hydroxylation sites is 1. The summed E-state index contributed by atoms with van der Waals surface area (Å²) in [5, 5.41) is 23.0. The van der Waals surface area contributed by atoms with Gasteiger partial charge in [-0.25, -0.2) is 0 Å². The molecule has 0 spiro atoms. The summed E-state index contributed by atoms with van der Waals surface area (Å²) in [7, 11) is 1.59. The first-order valence-corrected chi connectivity index (χ1v) is 10.0. The minimum absolute atomic E-state index is 0.114. The quantitative estimate of drug-likeness (QED) is 0.575. The van der Waals surface area contributed by atoms with Crippen LogP contribution in [0, 0.1) is 6.92 Å². The van der Waals surface area contributed by atoms with Gasteiger partial charge in [-0.15, -0.1) is 20.4 Å². The smallest absolute Gasteiger partial charge is 0.288 e. The molecule has 0 saturated carbocycles. The molecule has 0 saturated heterocycles. The number of ether oxygens (including phenoxy) is 1. The summed E-state index contributed by atoms with van der Waals surface area (Å²) in [5.74, 6) is 0.227. The fourth-order valence-electron chi connectivity index (χ4n) is 2.30. The fraction of sp³-hybridized carbons (Fsp3) is 0.294. The predicted octanol–water partition coefficient (Wildman–Crippen LogP) is 2.21. The third-order valence-electron chi connectivity index (χ3n) is 3.64. The highest BCUT2D eigenvalue weighted by Crippen LogP contribution is 2.18. The van der Waals surface area contributed by atoms with Crippen molar-refractivity contribution in [3.05, 3.63) is 44.9 Å². The number of aryl methyl sites for hydroxylation is 2. The Morgan fingerprint density at radius 3 is 2.68 bits per heavy atom. The van der Waals surface area contributed by atoms with Gasteiger partial charge in [-0.2, -0.15) is 0 Å². The minimum atomic E-state index is -0.388. The molecule has 3 aromatic rings. The Kier molecular flexibility index (Phi) is 6.61. The van der Waals surface area contributed by atoms with Gasteiger partial charge in [-0.3, -0.25) is 14.9 Å².